The summed E-state index contributed by atoms with van der Waals surface area (Å²) in [6, 6.07) is 5.17. The summed E-state index contributed by atoms with van der Waals surface area (Å²) in [4.78, 5) is 0. The molecule has 0 radical (unpaired) electrons. The second-order valence-electron chi connectivity index (χ2n) is 3.97. The highest BCUT2D eigenvalue weighted by atomic mass is 19.4. The van der Waals surface area contributed by atoms with E-state index in [0.717, 1.165) is 11.1 Å². The third kappa shape index (κ3) is 4.93. The van der Waals surface area contributed by atoms with Crippen LogP contribution in [0.3, 0.4) is 0 Å². The Bertz CT molecular complexity index is 391. The van der Waals surface area contributed by atoms with Gasteiger partial charge in [0.25, 0.3) is 0 Å². The molecule has 0 amide bonds. The fraction of sp³-hybridized carbons (Fsp3) is 0.500. The van der Waals surface area contributed by atoms with E-state index in [1.807, 2.05) is 13.0 Å². The van der Waals surface area contributed by atoms with Crippen molar-refractivity contribution in [2.45, 2.75) is 26.3 Å². The molecule has 6 heteroatoms. The van der Waals surface area contributed by atoms with E-state index in [4.69, 9.17) is 10.5 Å². The van der Waals surface area contributed by atoms with E-state index in [0.29, 0.717) is 5.75 Å². The molecule has 2 N–H and O–H groups in total. The SMILES string of the molecule is Cc1ccc([C@@H](C)N)c(OCCOC(F)(F)F)c1. The number of benzene rings is 1. The molecule has 1 aromatic carbocycles. The number of aryl methyl sites for hydroxylation is 1. The summed E-state index contributed by atoms with van der Waals surface area (Å²) in [5.41, 5.74) is 7.45. The van der Waals surface area contributed by atoms with Gasteiger partial charge in [0.1, 0.15) is 12.4 Å². The summed E-state index contributed by atoms with van der Waals surface area (Å²) >= 11 is 0. The molecule has 0 aliphatic heterocycles. The van der Waals surface area contributed by atoms with Gasteiger partial charge in [-0.05, 0) is 25.5 Å². The Kier molecular flexibility index (Phi) is 4.98. The van der Waals surface area contributed by atoms with Gasteiger partial charge in [-0.3, -0.25) is 4.74 Å². The summed E-state index contributed by atoms with van der Waals surface area (Å²) in [5, 5.41) is 0. The van der Waals surface area contributed by atoms with Gasteiger partial charge >= 0.3 is 6.36 Å². The Morgan fingerprint density at radius 2 is 1.94 bits per heavy atom. The molecule has 0 unspecified atom stereocenters. The lowest BCUT2D eigenvalue weighted by molar-refractivity contribution is -0.325. The Balaban J connectivity index is 2.58. The van der Waals surface area contributed by atoms with Crippen molar-refractivity contribution in [3.63, 3.8) is 0 Å². The van der Waals surface area contributed by atoms with Crippen LogP contribution in [-0.2, 0) is 4.74 Å². The molecule has 1 rings (SSSR count). The smallest absolute Gasteiger partial charge is 0.491 e. The summed E-state index contributed by atoms with van der Waals surface area (Å²) in [6.45, 7) is 2.92. The van der Waals surface area contributed by atoms with Crippen LogP contribution in [0.25, 0.3) is 0 Å². The minimum absolute atomic E-state index is 0.178. The van der Waals surface area contributed by atoms with Gasteiger partial charge in [-0.2, -0.15) is 0 Å². The molecule has 18 heavy (non-hydrogen) atoms. The lowest BCUT2D eigenvalue weighted by Gasteiger charge is -2.15. The van der Waals surface area contributed by atoms with Crippen molar-refractivity contribution in [1.29, 1.82) is 0 Å². The van der Waals surface area contributed by atoms with Crippen LogP contribution in [0.4, 0.5) is 13.2 Å². The van der Waals surface area contributed by atoms with Crippen LogP contribution in [0, 0.1) is 6.92 Å². The minimum atomic E-state index is -4.63. The monoisotopic (exact) mass is 263 g/mol. The van der Waals surface area contributed by atoms with Gasteiger partial charge in [0.05, 0.1) is 6.61 Å². The van der Waals surface area contributed by atoms with Crippen LogP contribution in [0.2, 0.25) is 0 Å². The molecular weight excluding hydrogens is 247 g/mol. The Labute approximate surface area is 104 Å². The van der Waals surface area contributed by atoms with Gasteiger partial charge in [0.2, 0.25) is 0 Å². The van der Waals surface area contributed by atoms with Crippen molar-refractivity contribution >= 4 is 0 Å². The first-order valence-corrected chi connectivity index (χ1v) is 5.49. The molecule has 0 fully saturated rings. The lowest BCUT2D eigenvalue weighted by Crippen LogP contribution is -2.18. The quantitative estimate of drug-likeness (QED) is 0.831. The number of hydrogen-bond acceptors (Lipinski definition) is 3. The fourth-order valence-electron chi connectivity index (χ4n) is 1.45. The number of ether oxygens (including phenoxy) is 2. The molecule has 0 bridgehead atoms. The summed E-state index contributed by atoms with van der Waals surface area (Å²) in [6.07, 6.45) is -4.63. The third-order valence-electron chi connectivity index (χ3n) is 2.27. The van der Waals surface area contributed by atoms with Crippen molar-refractivity contribution in [1.82, 2.24) is 0 Å². The highest BCUT2D eigenvalue weighted by Gasteiger charge is 2.28. The fourth-order valence-corrected chi connectivity index (χ4v) is 1.45. The van der Waals surface area contributed by atoms with Crippen LogP contribution >= 0.6 is 0 Å². The van der Waals surface area contributed by atoms with Gasteiger partial charge in [-0.15, -0.1) is 13.2 Å². The molecule has 1 atom stereocenters. The summed E-state index contributed by atoms with van der Waals surface area (Å²) in [5.74, 6) is 0.496. The van der Waals surface area contributed by atoms with E-state index in [1.54, 1.807) is 19.1 Å². The van der Waals surface area contributed by atoms with E-state index in [1.165, 1.54) is 0 Å². The Morgan fingerprint density at radius 3 is 2.50 bits per heavy atom. The van der Waals surface area contributed by atoms with E-state index < -0.39 is 13.0 Å². The molecule has 0 heterocycles. The van der Waals surface area contributed by atoms with Crippen molar-refractivity contribution in [2.24, 2.45) is 5.73 Å². The molecule has 0 saturated heterocycles. The third-order valence-corrected chi connectivity index (χ3v) is 2.27. The largest absolute Gasteiger partial charge is 0.522 e. The Morgan fingerprint density at radius 1 is 1.28 bits per heavy atom. The zero-order valence-corrected chi connectivity index (χ0v) is 10.3. The van der Waals surface area contributed by atoms with E-state index in [9.17, 15) is 13.2 Å². The zero-order chi connectivity index (χ0) is 13.8. The first-order valence-electron chi connectivity index (χ1n) is 5.49. The molecule has 1 aromatic rings. The topological polar surface area (TPSA) is 44.5 Å². The molecule has 0 aliphatic carbocycles. The molecule has 102 valence electrons. The number of alkyl halides is 3. The minimum Gasteiger partial charge on any atom is -0.491 e. The van der Waals surface area contributed by atoms with Crippen LogP contribution in [0.5, 0.6) is 5.75 Å². The normalized spacial score (nSPS) is 13.4. The number of halogens is 3. The zero-order valence-electron chi connectivity index (χ0n) is 10.3. The van der Waals surface area contributed by atoms with Crippen LogP contribution in [0.1, 0.15) is 24.1 Å². The first-order chi connectivity index (χ1) is 8.29. The lowest BCUT2D eigenvalue weighted by atomic mass is 10.1. The first kappa shape index (κ1) is 14.8. The predicted molar refractivity (Wildman–Crippen MR) is 61.3 cm³/mol. The molecular formula is C12H16F3NO2. The molecule has 3 nitrogen and oxygen atoms in total. The Hall–Kier alpha value is -1.27. The van der Waals surface area contributed by atoms with E-state index in [2.05, 4.69) is 4.74 Å². The van der Waals surface area contributed by atoms with Crippen LogP contribution < -0.4 is 10.5 Å². The van der Waals surface area contributed by atoms with Crippen molar-refractivity contribution in [3.05, 3.63) is 29.3 Å². The second kappa shape index (κ2) is 6.06. The van der Waals surface area contributed by atoms with Crippen molar-refractivity contribution in [3.8, 4) is 5.75 Å². The maximum atomic E-state index is 11.8. The van der Waals surface area contributed by atoms with Crippen LogP contribution in [-0.4, -0.2) is 19.6 Å². The molecule has 0 spiro atoms. The van der Waals surface area contributed by atoms with Crippen LogP contribution in [0.15, 0.2) is 18.2 Å². The average Bonchev–Trinajstić information content (AvgIpc) is 2.22. The number of rotatable bonds is 5. The maximum Gasteiger partial charge on any atom is 0.522 e. The van der Waals surface area contributed by atoms with Gasteiger partial charge in [0, 0.05) is 11.6 Å². The van der Waals surface area contributed by atoms with Crippen molar-refractivity contribution in [2.75, 3.05) is 13.2 Å². The number of hydrogen-bond donors (Lipinski definition) is 1. The van der Waals surface area contributed by atoms with E-state index in [-0.39, 0.29) is 12.6 Å². The molecule has 0 aliphatic rings. The molecule has 0 saturated carbocycles. The maximum absolute atomic E-state index is 11.8. The highest BCUT2D eigenvalue weighted by Crippen LogP contribution is 2.25. The van der Waals surface area contributed by atoms with Gasteiger partial charge in [0.15, 0.2) is 0 Å². The average molecular weight is 263 g/mol. The van der Waals surface area contributed by atoms with E-state index >= 15 is 0 Å². The van der Waals surface area contributed by atoms with Gasteiger partial charge in [-0.25, -0.2) is 0 Å². The highest BCUT2D eigenvalue weighted by molar-refractivity contribution is 5.38. The van der Waals surface area contributed by atoms with Gasteiger partial charge in [-0.1, -0.05) is 12.1 Å². The number of nitrogens with two attached hydrogens (primary N) is 1. The molecule has 0 aromatic heterocycles. The second-order valence-corrected chi connectivity index (χ2v) is 3.97. The standard InChI is InChI=1S/C12H16F3NO2/c1-8-3-4-10(9(2)16)11(7-8)17-5-6-18-12(13,14)15/h3-4,7,9H,5-6,16H2,1-2H3/t9-/m1/s1. The van der Waals surface area contributed by atoms with Crippen molar-refractivity contribution < 1.29 is 22.6 Å². The summed E-state index contributed by atoms with van der Waals surface area (Å²) in [7, 11) is 0. The summed E-state index contributed by atoms with van der Waals surface area (Å²) < 4.78 is 44.2. The predicted octanol–water partition coefficient (Wildman–Crippen LogP) is 2.93. The van der Waals surface area contributed by atoms with Gasteiger partial charge < -0.3 is 10.5 Å².